The number of carbonyl (C=O) groups is 2. The van der Waals surface area contributed by atoms with Crippen LogP contribution in [0.25, 0.3) is 0 Å². The van der Waals surface area contributed by atoms with Gasteiger partial charge in [-0.2, -0.15) is 0 Å². The number of ether oxygens (including phenoxy) is 1. The largest absolute Gasteiger partial charge is 0.481 e. The second-order valence-corrected chi connectivity index (χ2v) is 5.50. The maximum atomic E-state index is 12.8. The molecule has 0 spiro atoms. The molecular formula is C16H21FN2O3. The van der Waals surface area contributed by atoms with Crippen molar-refractivity contribution in [2.24, 2.45) is 0 Å². The first-order chi connectivity index (χ1) is 10.5. The van der Waals surface area contributed by atoms with Crippen LogP contribution in [0, 0.1) is 5.82 Å². The Balaban J connectivity index is 1.79. The van der Waals surface area contributed by atoms with E-state index in [1.807, 2.05) is 0 Å². The van der Waals surface area contributed by atoms with Crippen molar-refractivity contribution < 1.29 is 18.7 Å². The third-order valence-electron chi connectivity index (χ3n) is 3.78. The lowest BCUT2D eigenvalue weighted by Crippen LogP contribution is -2.48. The van der Waals surface area contributed by atoms with E-state index in [0.29, 0.717) is 18.8 Å². The lowest BCUT2D eigenvalue weighted by atomic mass is 10.0. The van der Waals surface area contributed by atoms with Crippen LogP contribution in [-0.4, -0.2) is 41.9 Å². The maximum Gasteiger partial charge on any atom is 0.260 e. The van der Waals surface area contributed by atoms with Gasteiger partial charge in [0.2, 0.25) is 5.91 Å². The van der Waals surface area contributed by atoms with E-state index in [-0.39, 0.29) is 23.7 Å². The van der Waals surface area contributed by atoms with Gasteiger partial charge in [-0.3, -0.25) is 9.59 Å². The van der Waals surface area contributed by atoms with Gasteiger partial charge in [-0.1, -0.05) is 0 Å². The number of nitrogens with one attached hydrogen (secondary N) is 1. The fourth-order valence-corrected chi connectivity index (χ4v) is 2.43. The molecule has 1 fully saturated rings. The van der Waals surface area contributed by atoms with E-state index >= 15 is 0 Å². The molecule has 120 valence electrons. The fourth-order valence-electron chi connectivity index (χ4n) is 2.43. The van der Waals surface area contributed by atoms with Gasteiger partial charge in [0.05, 0.1) is 0 Å². The third-order valence-corrected chi connectivity index (χ3v) is 3.78. The first kappa shape index (κ1) is 16.3. The highest BCUT2D eigenvalue weighted by Gasteiger charge is 2.24. The molecule has 1 N–H and O–H groups in total. The Bertz CT molecular complexity index is 525. The summed E-state index contributed by atoms with van der Waals surface area (Å²) in [5.74, 6) is -0.0273. The van der Waals surface area contributed by atoms with Gasteiger partial charge in [0, 0.05) is 26.1 Å². The molecule has 5 nitrogen and oxygen atoms in total. The van der Waals surface area contributed by atoms with Crippen LogP contribution in [0.4, 0.5) is 4.39 Å². The van der Waals surface area contributed by atoms with Crippen molar-refractivity contribution in [2.75, 3.05) is 13.1 Å². The minimum atomic E-state index is -0.656. The number of hydrogen-bond acceptors (Lipinski definition) is 3. The van der Waals surface area contributed by atoms with E-state index in [1.54, 1.807) is 18.7 Å². The van der Waals surface area contributed by atoms with Gasteiger partial charge in [0.25, 0.3) is 5.91 Å². The van der Waals surface area contributed by atoms with Gasteiger partial charge in [0.15, 0.2) is 6.10 Å². The average Bonchev–Trinajstić information content (AvgIpc) is 2.50. The molecule has 1 atom stereocenters. The molecule has 1 aromatic rings. The number of nitrogens with zero attached hydrogens (tertiary/aromatic N) is 1. The van der Waals surface area contributed by atoms with Crippen molar-refractivity contribution in [3.8, 4) is 5.75 Å². The summed E-state index contributed by atoms with van der Waals surface area (Å²) in [4.78, 5) is 25.1. The second kappa shape index (κ2) is 7.24. The van der Waals surface area contributed by atoms with E-state index in [2.05, 4.69) is 5.32 Å². The minimum absolute atomic E-state index is 0.0577. The zero-order valence-corrected chi connectivity index (χ0v) is 12.8. The molecule has 1 aliphatic rings. The summed E-state index contributed by atoms with van der Waals surface area (Å²) in [6, 6.07) is 5.62. The number of hydrogen-bond donors (Lipinski definition) is 1. The molecule has 0 saturated carbocycles. The highest BCUT2D eigenvalue weighted by molar-refractivity contribution is 5.81. The zero-order chi connectivity index (χ0) is 16.1. The molecule has 0 aliphatic carbocycles. The van der Waals surface area contributed by atoms with E-state index in [9.17, 15) is 14.0 Å². The van der Waals surface area contributed by atoms with E-state index in [0.717, 1.165) is 12.8 Å². The molecule has 1 aromatic carbocycles. The van der Waals surface area contributed by atoms with E-state index in [4.69, 9.17) is 4.74 Å². The molecule has 2 rings (SSSR count). The Hall–Kier alpha value is -2.11. The van der Waals surface area contributed by atoms with Gasteiger partial charge < -0.3 is 15.0 Å². The number of likely N-dealkylation sites (tertiary alicyclic amines) is 1. The van der Waals surface area contributed by atoms with Crippen molar-refractivity contribution in [3.63, 3.8) is 0 Å². The molecule has 0 unspecified atom stereocenters. The molecule has 0 bridgehead atoms. The Morgan fingerprint density at radius 3 is 2.41 bits per heavy atom. The van der Waals surface area contributed by atoms with Crippen LogP contribution >= 0.6 is 0 Å². The molecule has 6 heteroatoms. The van der Waals surface area contributed by atoms with Crippen molar-refractivity contribution >= 4 is 11.8 Å². The number of piperidine rings is 1. The highest BCUT2D eigenvalue weighted by Crippen LogP contribution is 2.14. The number of rotatable bonds is 4. The van der Waals surface area contributed by atoms with Crippen LogP contribution in [-0.2, 0) is 9.59 Å². The summed E-state index contributed by atoms with van der Waals surface area (Å²) < 4.78 is 18.3. The predicted molar refractivity (Wildman–Crippen MR) is 79.9 cm³/mol. The molecule has 1 aliphatic heterocycles. The Labute approximate surface area is 129 Å². The minimum Gasteiger partial charge on any atom is -0.481 e. The van der Waals surface area contributed by atoms with Crippen LogP contribution < -0.4 is 10.1 Å². The Morgan fingerprint density at radius 2 is 1.86 bits per heavy atom. The monoisotopic (exact) mass is 308 g/mol. The topological polar surface area (TPSA) is 58.6 Å². The van der Waals surface area contributed by atoms with Crippen LogP contribution in [0.5, 0.6) is 5.75 Å². The summed E-state index contributed by atoms with van der Waals surface area (Å²) in [5, 5.41) is 2.93. The van der Waals surface area contributed by atoms with Gasteiger partial charge in [0.1, 0.15) is 11.6 Å². The fraction of sp³-hybridized carbons (Fsp3) is 0.500. The molecule has 0 radical (unpaired) electrons. The number of halogens is 1. The zero-order valence-electron chi connectivity index (χ0n) is 12.8. The average molecular weight is 308 g/mol. The molecule has 1 heterocycles. The van der Waals surface area contributed by atoms with Crippen molar-refractivity contribution in [2.45, 2.75) is 38.8 Å². The third kappa shape index (κ3) is 4.44. The predicted octanol–water partition coefficient (Wildman–Crippen LogP) is 1.72. The van der Waals surface area contributed by atoms with Gasteiger partial charge in [-0.05, 0) is 44.0 Å². The Kier molecular flexibility index (Phi) is 5.35. The summed E-state index contributed by atoms with van der Waals surface area (Å²) in [6.45, 7) is 4.53. The van der Waals surface area contributed by atoms with Gasteiger partial charge in [-0.15, -0.1) is 0 Å². The van der Waals surface area contributed by atoms with Crippen molar-refractivity contribution in [1.29, 1.82) is 0 Å². The van der Waals surface area contributed by atoms with Crippen LogP contribution in [0.15, 0.2) is 24.3 Å². The maximum absolute atomic E-state index is 12.8. The van der Waals surface area contributed by atoms with Crippen LogP contribution in [0.2, 0.25) is 0 Å². The Morgan fingerprint density at radius 1 is 1.27 bits per heavy atom. The van der Waals surface area contributed by atoms with E-state index in [1.165, 1.54) is 24.3 Å². The standard InChI is InChI=1S/C16H21FN2O3/c1-11(22-15-5-3-13(17)4-6-15)16(21)18-14-7-9-19(10-8-14)12(2)20/h3-6,11,14H,7-10H2,1-2H3,(H,18,21)/t11-/m1/s1. The molecule has 2 amide bonds. The smallest absolute Gasteiger partial charge is 0.260 e. The number of amides is 2. The SMILES string of the molecule is CC(=O)N1CCC(NC(=O)[C@@H](C)Oc2ccc(F)cc2)CC1. The van der Waals surface area contributed by atoms with Crippen LogP contribution in [0.1, 0.15) is 26.7 Å². The lowest BCUT2D eigenvalue weighted by Gasteiger charge is -2.32. The molecular weight excluding hydrogens is 287 g/mol. The summed E-state index contributed by atoms with van der Waals surface area (Å²) in [5.41, 5.74) is 0. The van der Waals surface area contributed by atoms with Gasteiger partial charge in [-0.25, -0.2) is 4.39 Å². The lowest BCUT2D eigenvalue weighted by molar-refractivity contribution is -0.130. The summed E-state index contributed by atoms with van der Waals surface area (Å²) in [7, 11) is 0. The van der Waals surface area contributed by atoms with Crippen molar-refractivity contribution in [1.82, 2.24) is 10.2 Å². The van der Waals surface area contributed by atoms with Crippen LogP contribution in [0.3, 0.4) is 0 Å². The number of benzene rings is 1. The first-order valence-corrected chi connectivity index (χ1v) is 7.44. The first-order valence-electron chi connectivity index (χ1n) is 7.44. The molecule has 0 aromatic heterocycles. The quantitative estimate of drug-likeness (QED) is 0.921. The molecule has 22 heavy (non-hydrogen) atoms. The number of carbonyl (C=O) groups excluding carboxylic acids is 2. The second-order valence-electron chi connectivity index (χ2n) is 5.50. The van der Waals surface area contributed by atoms with E-state index < -0.39 is 6.10 Å². The van der Waals surface area contributed by atoms with Crippen molar-refractivity contribution in [3.05, 3.63) is 30.1 Å². The summed E-state index contributed by atoms with van der Waals surface area (Å²) >= 11 is 0. The highest BCUT2D eigenvalue weighted by atomic mass is 19.1. The van der Waals surface area contributed by atoms with Gasteiger partial charge >= 0.3 is 0 Å². The molecule has 1 saturated heterocycles. The normalized spacial score (nSPS) is 17.0. The summed E-state index contributed by atoms with van der Waals surface area (Å²) in [6.07, 6.45) is 0.833.